The fourth-order valence-electron chi connectivity index (χ4n) is 3.11. The Morgan fingerprint density at radius 3 is 2.65 bits per heavy atom. The second-order valence-electron chi connectivity index (χ2n) is 5.80. The Hall–Kier alpha value is -1.10. The molecule has 5 nitrogen and oxygen atoms in total. The van der Waals surface area contributed by atoms with Gasteiger partial charge in [0.05, 0.1) is 5.92 Å². The number of likely N-dealkylation sites (N-methyl/N-ethyl adjacent to an activating group) is 1. The summed E-state index contributed by atoms with van der Waals surface area (Å²) in [5.74, 6) is 0.170. The minimum Gasteiger partial charge on any atom is -0.369 e. The summed E-state index contributed by atoms with van der Waals surface area (Å²) in [6.45, 7) is 6.45. The lowest BCUT2D eigenvalue weighted by atomic mass is 9.83. The van der Waals surface area contributed by atoms with Crippen LogP contribution in [0.3, 0.4) is 0 Å². The zero-order valence-electron chi connectivity index (χ0n) is 10.8. The quantitative estimate of drug-likeness (QED) is 0.685. The van der Waals surface area contributed by atoms with Gasteiger partial charge in [-0.15, -0.1) is 0 Å². The van der Waals surface area contributed by atoms with Crippen LogP contribution in [-0.4, -0.2) is 53.8 Å². The van der Waals surface area contributed by atoms with E-state index in [4.69, 9.17) is 5.73 Å². The number of hydrogen-bond donors (Lipinski definition) is 1. The maximum absolute atomic E-state index is 12.1. The standard InChI is InChI=1S/C12H21N3O2/c1-8(2)5-15-6-9(10(13)16)4-12(15)7-14(3)11(12)17/h8-9H,4-7H2,1-3H3,(H2,13,16)/t9-,12?/m0/s1. The third-order valence-electron chi connectivity index (χ3n) is 3.86. The Morgan fingerprint density at radius 1 is 1.59 bits per heavy atom. The summed E-state index contributed by atoms with van der Waals surface area (Å²) in [6, 6.07) is 0. The lowest BCUT2D eigenvalue weighted by molar-refractivity contribution is -0.159. The third-order valence-corrected chi connectivity index (χ3v) is 3.86. The number of β-lactam (4-membered cyclic amide) rings is 1. The van der Waals surface area contributed by atoms with Crippen LogP contribution < -0.4 is 5.73 Å². The smallest absolute Gasteiger partial charge is 0.244 e. The number of hydrogen-bond acceptors (Lipinski definition) is 3. The summed E-state index contributed by atoms with van der Waals surface area (Å²) in [5, 5.41) is 0. The predicted octanol–water partition coefficient (Wildman–Crippen LogP) is -0.340. The van der Waals surface area contributed by atoms with Crippen LogP contribution in [0.5, 0.6) is 0 Å². The molecule has 2 heterocycles. The molecule has 0 saturated carbocycles. The van der Waals surface area contributed by atoms with Gasteiger partial charge in [-0.1, -0.05) is 13.8 Å². The lowest BCUT2D eigenvalue weighted by Crippen LogP contribution is -2.71. The summed E-state index contributed by atoms with van der Waals surface area (Å²) in [5.41, 5.74) is 4.95. The van der Waals surface area contributed by atoms with Crippen molar-refractivity contribution in [1.29, 1.82) is 0 Å². The SMILES string of the molecule is CC(C)CN1C[C@@H](C(N)=O)CC12CN(C)C2=O. The Balaban J connectivity index is 2.17. The molecule has 5 heteroatoms. The van der Waals surface area contributed by atoms with Crippen LogP contribution in [0.25, 0.3) is 0 Å². The monoisotopic (exact) mass is 239 g/mol. The van der Waals surface area contributed by atoms with E-state index in [9.17, 15) is 9.59 Å². The van der Waals surface area contributed by atoms with Gasteiger partial charge in [0.2, 0.25) is 11.8 Å². The van der Waals surface area contributed by atoms with Crippen molar-refractivity contribution < 1.29 is 9.59 Å². The first-order valence-electron chi connectivity index (χ1n) is 6.17. The zero-order chi connectivity index (χ0) is 12.8. The van der Waals surface area contributed by atoms with E-state index in [1.54, 1.807) is 11.9 Å². The minimum atomic E-state index is -0.432. The van der Waals surface area contributed by atoms with Crippen molar-refractivity contribution in [2.24, 2.45) is 17.6 Å². The topological polar surface area (TPSA) is 66.6 Å². The summed E-state index contributed by atoms with van der Waals surface area (Å²) in [6.07, 6.45) is 0.595. The molecule has 0 bridgehead atoms. The van der Waals surface area contributed by atoms with Crippen molar-refractivity contribution in [1.82, 2.24) is 9.80 Å². The van der Waals surface area contributed by atoms with Crippen molar-refractivity contribution >= 4 is 11.8 Å². The molecule has 2 rings (SSSR count). The van der Waals surface area contributed by atoms with Crippen molar-refractivity contribution in [3.05, 3.63) is 0 Å². The molecule has 2 saturated heterocycles. The highest BCUT2D eigenvalue weighted by Gasteiger charge is 2.59. The van der Waals surface area contributed by atoms with Crippen molar-refractivity contribution in [3.8, 4) is 0 Å². The summed E-state index contributed by atoms with van der Waals surface area (Å²) >= 11 is 0. The second kappa shape index (κ2) is 3.98. The third kappa shape index (κ3) is 1.82. The van der Waals surface area contributed by atoms with Crippen molar-refractivity contribution in [2.75, 3.05) is 26.7 Å². The number of carbonyl (C=O) groups is 2. The maximum Gasteiger partial charge on any atom is 0.244 e. The van der Waals surface area contributed by atoms with Crippen LogP contribution in [0.2, 0.25) is 0 Å². The molecule has 17 heavy (non-hydrogen) atoms. The van der Waals surface area contributed by atoms with E-state index in [-0.39, 0.29) is 17.7 Å². The van der Waals surface area contributed by atoms with E-state index in [0.717, 1.165) is 13.1 Å². The molecule has 0 aliphatic carbocycles. The molecule has 2 amide bonds. The normalized spacial score (nSPS) is 33.5. The molecular weight excluding hydrogens is 218 g/mol. The molecule has 2 aliphatic rings. The van der Waals surface area contributed by atoms with Gasteiger partial charge in [0, 0.05) is 26.7 Å². The first-order valence-corrected chi connectivity index (χ1v) is 6.17. The largest absolute Gasteiger partial charge is 0.369 e. The van der Waals surface area contributed by atoms with Crippen LogP contribution >= 0.6 is 0 Å². The number of primary amides is 1. The van der Waals surface area contributed by atoms with Gasteiger partial charge < -0.3 is 10.6 Å². The molecule has 1 unspecified atom stereocenters. The summed E-state index contributed by atoms with van der Waals surface area (Å²) < 4.78 is 0. The van der Waals surface area contributed by atoms with Gasteiger partial charge in [-0.05, 0) is 12.3 Å². The maximum atomic E-state index is 12.1. The average molecular weight is 239 g/mol. The zero-order valence-corrected chi connectivity index (χ0v) is 10.8. The Morgan fingerprint density at radius 2 is 2.24 bits per heavy atom. The van der Waals surface area contributed by atoms with Gasteiger partial charge in [0.1, 0.15) is 5.54 Å². The van der Waals surface area contributed by atoms with Crippen LogP contribution in [0.4, 0.5) is 0 Å². The van der Waals surface area contributed by atoms with Gasteiger partial charge in [0.15, 0.2) is 0 Å². The highest BCUT2D eigenvalue weighted by Crippen LogP contribution is 2.41. The van der Waals surface area contributed by atoms with Gasteiger partial charge in [-0.2, -0.15) is 0 Å². The molecule has 96 valence electrons. The molecule has 0 aromatic rings. The summed E-state index contributed by atoms with van der Waals surface area (Å²) in [4.78, 5) is 27.3. The van der Waals surface area contributed by atoms with E-state index in [0.29, 0.717) is 18.9 Å². The molecule has 2 fully saturated rings. The number of nitrogens with zero attached hydrogens (tertiary/aromatic N) is 2. The fourth-order valence-corrected chi connectivity index (χ4v) is 3.11. The highest BCUT2D eigenvalue weighted by molar-refractivity contribution is 5.94. The van der Waals surface area contributed by atoms with Gasteiger partial charge >= 0.3 is 0 Å². The van der Waals surface area contributed by atoms with Crippen molar-refractivity contribution in [3.63, 3.8) is 0 Å². The summed E-state index contributed by atoms with van der Waals surface area (Å²) in [7, 11) is 1.80. The van der Waals surface area contributed by atoms with Crippen LogP contribution in [0.15, 0.2) is 0 Å². The molecule has 1 spiro atoms. The minimum absolute atomic E-state index is 0.141. The predicted molar refractivity (Wildman–Crippen MR) is 64.1 cm³/mol. The van der Waals surface area contributed by atoms with Crippen LogP contribution in [0.1, 0.15) is 20.3 Å². The van der Waals surface area contributed by atoms with Gasteiger partial charge in [0.25, 0.3) is 0 Å². The number of likely N-dealkylation sites (tertiary alicyclic amines) is 2. The molecule has 0 radical (unpaired) electrons. The van der Waals surface area contributed by atoms with E-state index < -0.39 is 5.54 Å². The molecular formula is C12H21N3O2. The fraction of sp³-hybridized carbons (Fsp3) is 0.833. The molecule has 0 aromatic heterocycles. The van der Waals surface area contributed by atoms with E-state index in [1.165, 1.54) is 0 Å². The lowest BCUT2D eigenvalue weighted by Gasteiger charge is -2.50. The van der Waals surface area contributed by atoms with Crippen LogP contribution in [-0.2, 0) is 9.59 Å². The van der Waals surface area contributed by atoms with Crippen LogP contribution in [0, 0.1) is 11.8 Å². The molecule has 2 atom stereocenters. The first kappa shape index (κ1) is 12.4. The number of carbonyl (C=O) groups excluding carboxylic acids is 2. The Bertz CT molecular complexity index is 356. The average Bonchev–Trinajstić information content (AvgIpc) is 2.59. The van der Waals surface area contributed by atoms with Crippen molar-refractivity contribution in [2.45, 2.75) is 25.8 Å². The number of nitrogens with two attached hydrogens (primary N) is 1. The Labute approximate surface area is 102 Å². The van der Waals surface area contributed by atoms with Gasteiger partial charge in [-0.3, -0.25) is 14.5 Å². The van der Waals surface area contributed by atoms with E-state index in [2.05, 4.69) is 18.7 Å². The second-order valence-corrected chi connectivity index (χ2v) is 5.80. The molecule has 2 aliphatic heterocycles. The van der Waals surface area contributed by atoms with E-state index >= 15 is 0 Å². The van der Waals surface area contributed by atoms with E-state index in [1.807, 2.05) is 0 Å². The number of amides is 2. The Kier molecular flexibility index (Phi) is 2.89. The molecule has 0 aromatic carbocycles. The first-order chi connectivity index (χ1) is 7.86. The van der Waals surface area contributed by atoms with Gasteiger partial charge in [-0.25, -0.2) is 0 Å². The molecule has 2 N–H and O–H groups in total. The number of rotatable bonds is 3. The highest BCUT2D eigenvalue weighted by atomic mass is 16.2.